The summed E-state index contributed by atoms with van der Waals surface area (Å²) in [6.45, 7) is 4.49. The second-order valence-corrected chi connectivity index (χ2v) is 5.52. The average molecular weight is 287 g/mol. The molecule has 5 nitrogen and oxygen atoms in total. The summed E-state index contributed by atoms with van der Waals surface area (Å²) in [5, 5.41) is 3.94. The van der Waals surface area contributed by atoms with E-state index < -0.39 is 6.04 Å². The first-order chi connectivity index (χ1) is 10.1. The number of fused-ring (bicyclic) bond motifs is 1. The Kier molecular flexibility index (Phi) is 5.11. The van der Waals surface area contributed by atoms with Gasteiger partial charge in [0.15, 0.2) is 0 Å². The lowest BCUT2D eigenvalue weighted by atomic mass is 10.0. The van der Waals surface area contributed by atoms with Crippen molar-refractivity contribution < 1.29 is 9.53 Å². The van der Waals surface area contributed by atoms with Gasteiger partial charge in [0.25, 0.3) is 5.91 Å². The van der Waals surface area contributed by atoms with Crippen molar-refractivity contribution in [3.8, 4) is 5.75 Å². The third-order valence-electron chi connectivity index (χ3n) is 3.12. The van der Waals surface area contributed by atoms with Crippen LogP contribution < -0.4 is 15.9 Å². The first-order valence-corrected chi connectivity index (χ1v) is 7.07. The zero-order chi connectivity index (χ0) is 15.2. The molecule has 0 spiro atoms. The number of ether oxygens (including phenoxy) is 1. The highest BCUT2D eigenvalue weighted by Crippen LogP contribution is 2.24. The summed E-state index contributed by atoms with van der Waals surface area (Å²) in [4.78, 5) is 11.7. The number of hydrogen-bond donors (Lipinski definition) is 2. The zero-order valence-electron chi connectivity index (χ0n) is 12.4. The van der Waals surface area contributed by atoms with Crippen LogP contribution in [0.15, 0.2) is 34.9 Å². The monoisotopic (exact) mass is 287 g/mol. The van der Waals surface area contributed by atoms with Crippen molar-refractivity contribution in [2.75, 3.05) is 6.61 Å². The van der Waals surface area contributed by atoms with Crippen LogP contribution in [0.3, 0.4) is 0 Å². The van der Waals surface area contributed by atoms with E-state index in [1.807, 2.05) is 44.2 Å². The first-order valence-electron chi connectivity index (χ1n) is 7.07. The topological polar surface area (TPSA) is 76.7 Å². The summed E-state index contributed by atoms with van der Waals surface area (Å²) in [5.74, 6) is 0.969. The molecular formula is C16H21N3O2. The first kappa shape index (κ1) is 15.3. The lowest BCUT2D eigenvalue weighted by molar-refractivity contribution is -0.122. The van der Waals surface area contributed by atoms with E-state index in [2.05, 4.69) is 10.5 Å². The van der Waals surface area contributed by atoms with E-state index in [1.165, 1.54) is 0 Å². The SMILES string of the molecule is CC(C)CC(N)C(=O)NN=CC1=Cc2ccccc2OC1. The second kappa shape index (κ2) is 7.04. The van der Waals surface area contributed by atoms with Gasteiger partial charge in [-0.25, -0.2) is 5.43 Å². The lowest BCUT2D eigenvalue weighted by Gasteiger charge is -2.15. The summed E-state index contributed by atoms with van der Waals surface area (Å²) in [5.41, 5.74) is 10.1. The Bertz CT molecular complexity index is 564. The molecular weight excluding hydrogens is 266 g/mol. The molecule has 1 aromatic carbocycles. The smallest absolute Gasteiger partial charge is 0.256 e. The molecule has 1 atom stereocenters. The molecule has 5 heteroatoms. The number of hydrazone groups is 1. The van der Waals surface area contributed by atoms with Crippen molar-refractivity contribution >= 4 is 18.2 Å². The predicted octanol–water partition coefficient (Wildman–Crippen LogP) is 1.94. The molecule has 1 amide bonds. The van der Waals surface area contributed by atoms with Gasteiger partial charge in [-0.2, -0.15) is 5.10 Å². The van der Waals surface area contributed by atoms with Crippen molar-refractivity contribution in [1.82, 2.24) is 5.43 Å². The van der Waals surface area contributed by atoms with Crippen molar-refractivity contribution in [1.29, 1.82) is 0 Å². The van der Waals surface area contributed by atoms with E-state index in [0.29, 0.717) is 18.9 Å². The fourth-order valence-electron chi connectivity index (χ4n) is 2.08. The molecule has 0 bridgehead atoms. The minimum absolute atomic E-state index is 0.266. The molecule has 0 aliphatic carbocycles. The van der Waals surface area contributed by atoms with E-state index in [-0.39, 0.29) is 5.91 Å². The van der Waals surface area contributed by atoms with E-state index in [0.717, 1.165) is 16.9 Å². The molecule has 2 rings (SSSR count). The molecule has 0 saturated heterocycles. The van der Waals surface area contributed by atoms with Gasteiger partial charge in [0, 0.05) is 11.1 Å². The van der Waals surface area contributed by atoms with Crippen LogP contribution >= 0.6 is 0 Å². The van der Waals surface area contributed by atoms with Gasteiger partial charge in [0.1, 0.15) is 12.4 Å². The standard InChI is InChI=1S/C16H21N3O2/c1-11(2)7-14(17)16(20)19-18-9-12-8-13-5-3-4-6-15(13)21-10-12/h3-6,8-9,11,14H,7,10,17H2,1-2H3,(H,19,20). The molecule has 1 aliphatic rings. The Labute approximate surface area is 124 Å². The fourth-order valence-corrected chi connectivity index (χ4v) is 2.08. The molecule has 1 aliphatic heterocycles. The van der Waals surface area contributed by atoms with Crippen molar-refractivity contribution in [2.24, 2.45) is 16.8 Å². The van der Waals surface area contributed by atoms with Gasteiger partial charge < -0.3 is 10.5 Å². The van der Waals surface area contributed by atoms with Crippen LogP contribution in [-0.4, -0.2) is 24.8 Å². The number of amides is 1. The molecule has 0 radical (unpaired) electrons. The Morgan fingerprint density at radius 2 is 2.24 bits per heavy atom. The van der Waals surface area contributed by atoms with Crippen LogP contribution in [0.1, 0.15) is 25.8 Å². The van der Waals surface area contributed by atoms with Gasteiger partial charge in [0.05, 0.1) is 12.3 Å². The maximum Gasteiger partial charge on any atom is 0.256 e. The number of hydrogen-bond acceptors (Lipinski definition) is 4. The average Bonchev–Trinajstić information content (AvgIpc) is 2.46. The predicted molar refractivity (Wildman–Crippen MR) is 84.0 cm³/mol. The molecule has 1 unspecified atom stereocenters. The van der Waals surface area contributed by atoms with E-state index in [1.54, 1.807) is 6.21 Å². The summed E-state index contributed by atoms with van der Waals surface area (Å²) >= 11 is 0. The van der Waals surface area contributed by atoms with Crippen molar-refractivity contribution in [2.45, 2.75) is 26.3 Å². The lowest BCUT2D eigenvalue weighted by Crippen LogP contribution is -2.39. The highest BCUT2D eigenvalue weighted by molar-refractivity contribution is 5.89. The Hall–Kier alpha value is -2.14. The Balaban J connectivity index is 1.91. The maximum atomic E-state index is 11.7. The van der Waals surface area contributed by atoms with Gasteiger partial charge >= 0.3 is 0 Å². The van der Waals surface area contributed by atoms with E-state index >= 15 is 0 Å². The molecule has 21 heavy (non-hydrogen) atoms. The van der Waals surface area contributed by atoms with Gasteiger partial charge in [-0.15, -0.1) is 0 Å². The number of nitrogens with zero attached hydrogens (tertiary/aromatic N) is 1. The van der Waals surface area contributed by atoms with E-state index in [9.17, 15) is 4.79 Å². The quantitative estimate of drug-likeness (QED) is 0.642. The Morgan fingerprint density at radius 1 is 1.48 bits per heavy atom. The van der Waals surface area contributed by atoms with Crippen LogP contribution in [0.25, 0.3) is 6.08 Å². The minimum Gasteiger partial charge on any atom is -0.488 e. The zero-order valence-corrected chi connectivity index (χ0v) is 12.4. The number of nitrogens with two attached hydrogens (primary N) is 1. The van der Waals surface area contributed by atoms with Crippen molar-refractivity contribution in [3.63, 3.8) is 0 Å². The maximum absolute atomic E-state index is 11.7. The van der Waals surface area contributed by atoms with E-state index in [4.69, 9.17) is 10.5 Å². The molecule has 0 aromatic heterocycles. The second-order valence-electron chi connectivity index (χ2n) is 5.52. The molecule has 0 saturated carbocycles. The normalized spacial score (nSPS) is 15.3. The summed E-state index contributed by atoms with van der Waals surface area (Å²) in [7, 11) is 0. The minimum atomic E-state index is -0.528. The summed E-state index contributed by atoms with van der Waals surface area (Å²) in [6.07, 6.45) is 4.22. The third kappa shape index (κ3) is 4.43. The highest BCUT2D eigenvalue weighted by atomic mass is 16.5. The van der Waals surface area contributed by atoms with Crippen LogP contribution in [0.2, 0.25) is 0 Å². The van der Waals surface area contributed by atoms with Gasteiger partial charge in [0.2, 0.25) is 0 Å². The van der Waals surface area contributed by atoms with Crippen LogP contribution in [-0.2, 0) is 4.79 Å². The van der Waals surface area contributed by atoms with Crippen LogP contribution in [0.5, 0.6) is 5.75 Å². The summed E-state index contributed by atoms with van der Waals surface area (Å²) in [6, 6.07) is 7.25. The highest BCUT2D eigenvalue weighted by Gasteiger charge is 2.14. The Morgan fingerprint density at radius 3 is 3.00 bits per heavy atom. The van der Waals surface area contributed by atoms with Gasteiger partial charge in [-0.3, -0.25) is 4.79 Å². The third-order valence-corrected chi connectivity index (χ3v) is 3.12. The van der Waals surface area contributed by atoms with Crippen LogP contribution in [0, 0.1) is 5.92 Å². The number of carbonyl (C=O) groups excluding carboxylic acids is 1. The molecule has 112 valence electrons. The molecule has 3 N–H and O–H groups in total. The molecule has 1 heterocycles. The molecule has 0 fully saturated rings. The van der Waals surface area contributed by atoms with Crippen LogP contribution in [0.4, 0.5) is 0 Å². The van der Waals surface area contributed by atoms with Gasteiger partial charge in [-0.1, -0.05) is 32.0 Å². The van der Waals surface area contributed by atoms with Gasteiger partial charge in [-0.05, 0) is 24.5 Å². The number of benzene rings is 1. The molecule has 1 aromatic rings. The fraction of sp³-hybridized carbons (Fsp3) is 0.375. The number of carbonyl (C=O) groups is 1. The van der Waals surface area contributed by atoms with Crippen molar-refractivity contribution in [3.05, 3.63) is 35.4 Å². The number of rotatable bonds is 5. The largest absolute Gasteiger partial charge is 0.488 e. The number of para-hydroxylation sites is 1. The summed E-state index contributed by atoms with van der Waals surface area (Å²) < 4.78 is 5.60. The number of nitrogens with one attached hydrogen (secondary N) is 1.